The van der Waals surface area contributed by atoms with Crippen molar-refractivity contribution in [1.29, 1.82) is 0 Å². The van der Waals surface area contributed by atoms with Gasteiger partial charge in [-0.25, -0.2) is 0 Å². The van der Waals surface area contributed by atoms with Crippen LogP contribution in [0.2, 0.25) is 0 Å². The van der Waals surface area contributed by atoms with Gasteiger partial charge in [-0.3, -0.25) is 0 Å². The van der Waals surface area contributed by atoms with Gasteiger partial charge in [-0.1, -0.05) is 6.92 Å². The third-order valence-electron chi connectivity index (χ3n) is 1.18. The van der Waals surface area contributed by atoms with Crippen LogP contribution in [0.4, 0.5) is 0 Å². The molecule has 0 aliphatic carbocycles. The monoisotopic (exact) mass is 129 g/mol. The number of allylic oxidation sites excluding steroid dienone is 2. The molecule has 2 N–H and O–H groups in total. The summed E-state index contributed by atoms with van der Waals surface area (Å²) in [4.78, 5) is 4.63. The van der Waals surface area contributed by atoms with E-state index in [1.165, 1.54) is 5.57 Å². The summed E-state index contributed by atoms with van der Waals surface area (Å²) in [6, 6.07) is 0. The standard InChI is InChI=1S/C7H15NO/c1-4-5-7(9-8)6(2)3/h4-5,8H2,1-3H3. The molecule has 0 spiro atoms. The van der Waals surface area contributed by atoms with Crippen LogP contribution in [0.1, 0.15) is 33.6 Å². The molecule has 0 unspecified atom stereocenters. The molecular weight excluding hydrogens is 114 g/mol. The highest BCUT2D eigenvalue weighted by Crippen LogP contribution is 2.08. The fourth-order valence-electron chi connectivity index (χ4n) is 0.654. The summed E-state index contributed by atoms with van der Waals surface area (Å²) in [5, 5.41) is 0. The molecular formula is C7H15NO. The molecule has 0 fully saturated rings. The smallest absolute Gasteiger partial charge is 0.122 e. The predicted octanol–water partition coefficient (Wildman–Crippen LogP) is 1.97. The van der Waals surface area contributed by atoms with E-state index in [2.05, 4.69) is 11.8 Å². The molecule has 54 valence electrons. The van der Waals surface area contributed by atoms with E-state index in [9.17, 15) is 0 Å². The average Bonchev–Trinajstić information content (AvgIpc) is 1.82. The highest BCUT2D eigenvalue weighted by Gasteiger charge is 1.95. The summed E-state index contributed by atoms with van der Waals surface area (Å²) in [6.45, 7) is 6.09. The van der Waals surface area contributed by atoms with Gasteiger partial charge in [-0.05, 0) is 25.8 Å². The lowest BCUT2D eigenvalue weighted by molar-refractivity contribution is 0.205. The van der Waals surface area contributed by atoms with Gasteiger partial charge in [-0.15, -0.1) is 0 Å². The van der Waals surface area contributed by atoms with Gasteiger partial charge in [0.15, 0.2) is 0 Å². The maximum absolute atomic E-state index is 5.00. The van der Waals surface area contributed by atoms with Gasteiger partial charge in [0.2, 0.25) is 0 Å². The van der Waals surface area contributed by atoms with E-state index >= 15 is 0 Å². The van der Waals surface area contributed by atoms with Gasteiger partial charge in [0.1, 0.15) is 5.76 Å². The van der Waals surface area contributed by atoms with Crippen molar-refractivity contribution >= 4 is 0 Å². The first-order chi connectivity index (χ1) is 4.22. The maximum Gasteiger partial charge on any atom is 0.122 e. The summed E-state index contributed by atoms with van der Waals surface area (Å²) < 4.78 is 0. The highest BCUT2D eigenvalue weighted by atomic mass is 16.6. The zero-order valence-electron chi connectivity index (χ0n) is 6.40. The van der Waals surface area contributed by atoms with Crippen molar-refractivity contribution in [3.05, 3.63) is 11.3 Å². The molecule has 0 aliphatic heterocycles. The average molecular weight is 129 g/mol. The number of hydrogen-bond acceptors (Lipinski definition) is 2. The van der Waals surface area contributed by atoms with Crippen LogP contribution in [0.3, 0.4) is 0 Å². The fourth-order valence-corrected chi connectivity index (χ4v) is 0.654. The van der Waals surface area contributed by atoms with E-state index in [0.717, 1.165) is 18.6 Å². The van der Waals surface area contributed by atoms with Crippen molar-refractivity contribution in [1.82, 2.24) is 0 Å². The summed E-state index contributed by atoms with van der Waals surface area (Å²) in [5.74, 6) is 5.92. The van der Waals surface area contributed by atoms with Crippen LogP contribution < -0.4 is 5.90 Å². The third-order valence-corrected chi connectivity index (χ3v) is 1.18. The minimum Gasteiger partial charge on any atom is -0.416 e. The van der Waals surface area contributed by atoms with Crippen molar-refractivity contribution in [2.75, 3.05) is 0 Å². The molecule has 0 aromatic carbocycles. The lowest BCUT2D eigenvalue weighted by Crippen LogP contribution is -2.00. The Hall–Kier alpha value is -0.500. The van der Waals surface area contributed by atoms with Crippen LogP contribution in [0.15, 0.2) is 11.3 Å². The molecule has 0 aromatic heterocycles. The lowest BCUT2D eigenvalue weighted by Gasteiger charge is -2.03. The second-order valence-corrected chi connectivity index (χ2v) is 2.29. The highest BCUT2D eigenvalue weighted by molar-refractivity contribution is 5.01. The van der Waals surface area contributed by atoms with E-state index in [0.29, 0.717) is 0 Å². The van der Waals surface area contributed by atoms with Crippen LogP contribution in [0.25, 0.3) is 0 Å². The van der Waals surface area contributed by atoms with E-state index in [1.54, 1.807) is 0 Å². The number of nitrogens with two attached hydrogens (primary N) is 1. The third kappa shape index (κ3) is 3.14. The molecule has 0 aliphatic rings. The first-order valence-electron chi connectivity index (χ1n) is 3.25. The Bertz CT molecular complexity index is 103. The molecule has 0 radical (unpaired) electrons. The Labute approximate surface area is 56.6 Å². The van der Waals surface area contributed by atoms with Crippen molar-refractivity contribution in [3.8, 4) is 0 Å². The van der Waals surface area contributed by atoms with Crippen LogP contribution in [-0.4, -0.2) is 0 Å². The summed E-state index contributed by atoms with van der Waals surface area (Å²) in [5.41, 5.74) is 1.17. The van der Waals surface area contributed by atoms with Gasteiger partial charge in [0, 0.05) is 6.42 Å². The lowest BCUT2D eigenvalue weighted by atomic mass is 10.2. The number of rotatable bonds is 3. The van der Waals surface area contributed by atoms with Crippen LogP contribution in [0.5, 0.6) is 0 Å². The Morgan fingerprint density at radius 3 is 2.11 bits per heavy atom. The van der Waals surface area contributed by atoms with E-state index in [-0.39, 0.29) is 0 Å². The first kappa shape index (κ1) is 8.50. The van der Waals surface area contributed by atoms with Crippen molar-refractivity contribution in [2.45, 2.75) is 33.6 Å². The molecule has 0 amide bonds. The molecule has 0 bridgehead atoms. The topological polar surface area (TPSA) is 35.2 Å². The Kier molecular flexibility index (Phi) is 4.14. The molecule has 0 saturated heterocycles. The molecule has 0 rings (SSSR count). The minimum absolute atomic E-state index is 0.914. The zero-order chi connectivity index (χ0) is 7.28. The fraction of sp³-hybridized carbons (Fsp3) is 0.714. The molecule has 2 heteroatoms. The summed E-state index contributed by atoms with van der Waals surface area (Å²) >= 11 is 0. The Morgan fingerprint density at radius 2 is 2.00 bits per heavy atom. The summed E-state index contributed by atoms with van der Waals surface area (Å²) in [6.07, 6.45) is 2.02. The van der Waals surface area contributed by atoms with Gasteiger partial charge in [0.25, 0.3) is 0 Å². The Morgan fingerprint density at radius 1 is 1.44 bits per heavy atom. The van der Waals surface area contributed by atoms with E-state index in [1.807, 2.05) is 13.8 Å². The second kappa shape index (κ2) is 4.39. The SMILES string of the molecule is CCCC(ON)=C(C)C. The molecule has 2 nitrogen and oxygen atoms in total. The molecule has 0 aromatic rings. The van der Waals surface area contributed by atoms with Crippen LogP contribution >= 0.6 is 0 Å². The van der Waals surface area contributed by atoms with Crippen LogP contribution in [0, 0.1) is 0 Å². The maximum atomic E-state index is 5.00. The first-order valence-corrected chi connectivity index (χ1v) is 3.25. The van der Waals surface area contributed by atoms with Crippen LogP contribution in [-0.2, 0) is 4.84 Å². The Balaban J connectivity index is 3.83. The van der Waals surface area contributed by atoms with E-state index < -0.39 is 0 Å². The van der Waals surface area contributed by atoms with Crippen molar-refractivity contribution in [2.24, 2.45) is 5.90 Å². The summed E-state index contributed by atoms with van der Waals surface area (Å²) in [7, 11) is 0. The van der Waals surface area contributed by atoms with Gasteiger partial charge >= 0.3 is 0 Å². The second-order valence-electron chi connectivity index (χ2n) is 2.29. The molecule has 0 atom stereocenters. The normalized spacial score (nSPS) is 8.89. The quantitative estimate of drug-likeness (QED) is 0.467. The van der Waals surface area contributed by atoms with Crippen molar-refractivity contribution in [3.63, 3.8) is 0 Å². The minimum atomic E-state index is 0.914. The zero-order valence-corrected chi connectivity index (χ0v) is 6.40. The predicted molar refractivity (Wildman–Crippen MR) is 38.6 cm³/mol. The number of hydrogen-bond donors (Lipinski definition) is 1. The molecule has 9 heavy (non-hydrogen) atoms. The molecule has 0 saturated carbocycles. The van der Waals surface area contributed by atoms with Gasteiger partial charge < -0.3 is 4.84 Å². The van der Waals surface area contributed by atoms with Gasteiger partial charge in [-0.2, -0.15) is 5.90 Å². The largest absolute Gasteiger partial charge is 0.416 e. The van der Waals surface area contributed by atoms with Crippen molar-refractivity contribution < 1.29 is 4.84 Å². The molecule has 0 heterocycles. The van der Waals surface area contributed by atoms with Gasteiger partial charge in [0.05, 0.1) is 0 Å². The van der Waals surface area contributed by atoms with E-state index in [4.69, 9.17) is 5.90 Å².